The van der Waals surface area contributed by atoms with Crippen LogP contribution < -0.4 is 10.1 Å². The van der Waals surface area contributed by atoms with E-state index in [0.717, 1.165) is 37.9 Å². The Morgan fingerprint density at radius 3 is 2.76 bits per heavy atom. The third-order valence-corrected chi connectivity index (χ3v) is 7.19. The minimum atomic E-state index is -1.66. The number of amides is 1. The van der Waals surface area contributed by atoms with Crippen molar-refractivity contribution in [2.45, 2.75) is 75.9 Å². The van der Waals surface area contributed by atoms with E-state index in [0.29, 0.717) is 5.75 Å². The molecule has 0 aliphatic carbocycles. The third kappa shape index (κ3) is 6.12. The summed E-state index contributed by atoms with van der Waals surface area (Å²) in [4.78, 5) is 38.6. The predicted molar refractivity (Wildman–Crippen MR) is 123 cm³/mol. The molecule has 4 unspecified atom stereocenters. The molecule has 3 rings (SSSR count). The Kier molecular flexibility index (Phi) is 7.80. The SMILES string of the molecule is CCC1(c2cccc(OC(=O)CC3(O)CC(=O)NC(C(=O)O)C(C)C3)c2)CCCCN(C)C1. The lowest BCUT2D eigenvalue weighted by atomic mass is 9.74. The number of hydrogen-bond donors (Lipinski definition) is 3. The van der Waals surface area contributed by atoms with Gasteiger partial charge in [0.15, 0.2) is 0 Å². The third-order valence-electron chi connectivity index (χ3n) is 7.19. The number of aliphatic carboxylic acids is 1. The van der Waals surface area contributed by atoms with Crippen molar-refractivity contribution in [3.8, 4) is 5.75 Å². The molecule has 33 heavy (non-hydrogen) atoms. The molecule has 2 heterocycles. The van der Waals surface area contributed by atoms with Gasteiger partial charge in [-0.3, -0.25) is 9.59 Å². The maximum atomic E-state index is 12.7. The number of likely N-dealkylation sites (N-methyl/N-ethyl adjacent to an activating group) is 1. The molecule has 8 nitrogen and oxygen atoms in total. The summed E-state index contributed by atoms with van der Waals surface area (Å²) in [5.41, 5.74) is -0.529. The van der Waals surface area contributed by atoms with Gasteiger partial charge in [0.1, 0.15) is 11.8 Å². The van der Waals surface area contributed by atoms with Crippen LogP contribution in [0.15, 0.2) is 24.3 Å². The number of nitrogens with one attached hydrogen (secondary N) is 1. The fourth-order valence-electron chi connectivity index (χ4n) is 5.47. The first-order valence-electron chi connectivity index (χ1n) is 11.8. The number of carbonyl (C=O) groups excluding carboxylic acids is 2. The summed E-state index contributed by atoms with van der Waals surface area (Å²) >= 11 is 0. The molecule has 2 aliphatic rings. The standard InChI is InChI=1S/C25H36N2O6/c1-4-24(10-5-6-11-27(3)16-24)18-8-7-9-19(12-18)33-21(29)15-25(32)13-17(2)22(23(30)31)26-20(28)14-25/h7-9,12,17,22,32H,4-6,10-11,13-16H2,1-3H3,(H,26,28)(H,30,31). The Bertz CT molecular complexity index is 889. The summed E-state index contributed by atoms with van der Waals surface area (Å²) in [5, 5.41) is 22.7. The van der Waals surface area contributed by atoms with Gasteiger partial charge in [0.25, 0.3) is 0 Å². The molecule has 3 N–H and O–H groups in total. The van der Waals surface area contributed by atoms with Gasteiger partial charge in [-0.15, -0.1) is 0 Å². The second-order valence-electron chi connectivity index (χ2n) is 9.97. The molecule has 0 spiro atoms. The average molecular weight is 461 g/mol. The van der Waals surface area contributed by atoms with Crippen LogP contribution >= 0.6 is 0 Å². The molecule has 2 aliphatic heterocycles. The molecule has 0 aromatic heterocycles. The van der Waals surface area contributed by atoms with E-state index in [9.17, 15) is 24.6 Å². The van der Waals surface area contributed by atoms with Gasteiger partial charge in [0, 0.05) is 12.0 Å². The molecule has 182 valence electrons. The Morgan fingerprint density at radius 1 is 1.30 bits per heavy atom. The number of carboxylic acids is 1. The largest absolute Gasteiger partial charge is 0.480 e. The lowest BCUT2D eigenvalue weighted by Crippen LogP contribution is -2.43. The topological polar surface area (TPSA) is 116 Å². The number of aliphatic hydroxyl groups is 1. The van der Waals surface area contributed by atoms with Crippen LogP contribution in [0.2, 0.25) is 0 Å². The summed E-state index contributed by atoms with van der Waals surface area (Å²) in [7, 11) is 2.14. The van der Waals surface area contributed by atoms with E-state index < -0.39 is 35.4 Å². The summed E-state index contributed by atoms with van der Waals surface area (Å²) < 4.78 is 5.59. The number of ether oxygens (including phenoxy) is 1. The summed E-state index contributed by atoms with van der Waals surface area (Å²) in [5.74, 6) is -2.52. The quantitative estimate of drug-likeness (QED) is 0.441. The zero-order chi connectivity index (χ0) is 24.2. The van der Waals surface area contributed by atoms with Gasteiger partial charge in [0.2, 0.25) is 5.91 Å². The van der Waals surface area contributed by atoms with Crippen LogP contribution in [-0.2, 0) is 19.8 Å². The van der Waals surface area contributed by atoms with Crippen LogP contribution in [0.25, 0.3) is 0 Å². The van der Waals surface area contributed by atoms with Gasteiger partial charge in [-0.05, 0) is 62.9 Å². The van der Waals surface area contributed by atoms with E-state index in [1.165, 1.54) is 6.42 Å². The number of benzene rings is 1. The van der Waals surface area contributed by atoms with Crippen molar-refractivity contribution in [3.05, 3.63) is 29.8 Å². The second-order valence-corrected chi connectivity index (χ2v) is 9.97. The van der Waals surface area contributed by atoms with E-state index in [1.54, 1.807) is 13.0 Å². The first-order valence-corrected chi connectivity index (χ1v) is 11.8. The van der Waals surface area contributed by atoms with Gasteiger partial charge in [-0.1, -0.05) is 32.4 Å². The predicted octanol–water partition coefficient (Wildman–Crippen LogP) is 2.48. The Balaban J connectivity index is 1.73. The summed E-state index contributed by atoms with van der Waals surface area (Å²) in [6.07, 6.45) is 3.63. The Morgan fingerprint density at radius 2 is 2.06 bits per heavy atom. The normalized spacial score (nSPS) is 31.2. The van der Waals surface area contributed by atoms with Gasteiger partial charge in [-0.25, -0.2) is 4.79 Å². The minimum Gasteiger partial charge on any atom is -0.480 e. The van der Waals surface area contributed by atoms with E-state index in [1.807, 2.05) is 12.1 Å². The number of likely N-dealkylation sites (tertiary alicyclic amines) is 1. The second kappa shape index (κ2) is 10.2. The highest BCUT2D eigenvalue weighted by Gasteiger charge is 2.42. The van der Waals surface area contributed by atoms with Gasteiger partial charge < -0.3 is 25.2 Å². The van der Waals surface area contributed by atoms with Crippen molar-refractivity contribution in [2.75, 3.05) is 20.1 Å². The molecule has 1 aromatic rings. The molecule has 4 atom stereocenters. The average Bonchev–Trinajstić information content (AvgIpc) is 2.99. The van der Waals surface area contributed by atoms with Crippen LogP contribution in [0.4, 0.5) is 0 Å². The van der Waals surface area contributed by atoms with E-state index >= 15 is 0 Å². The van der Waals surface area contributed by atoms with Crippen molar-refractivity contribution in [1.29, 1.82) is 0 Å². The molecule has 1 amide bonds. The number of esters is 1. The zero-order valence-corrected chi connectivity index (χ0v) is 19.8. The molecule has 8 heteroatoms. The van der Waals surface area contributed by atoms with E-state index in [2.05, 4.69) is 30.3 Å². The van der Waals surface area contributed by atoms with Gasteiger partial charge in [-0.2, -0.15) is 0 Å². The van der Waals surface area contributed by atoms with Crippen molar-refractivity contribution in [2.24, 2.45) is 5.92 Å². The number of nitrogens with zero attached hydrogens (tertiary/aromatic N) is 1. The van der Waals surface area contributed by atoms with Crippen molar-refractivity contribution in [3.63, 3.8) is 0 Å². The first-order chi connectivity index (χ1) is 15.6. The van der Waals surface area contributed by atoms with Crippen LogP contribution in [-0.4, -0.2) is 64.7 Å². The lowest BCUT2D eigenvalue weighted by molar-refractivity contribution is -0.143. The van der Waals surface area contributed by atoms with Gasteiger partial charge in [0.05, 0.1) is 18.4 Å². The highest BCUT2D eigenvalue weighted by molar-refractivity contribution is 5.85. The van der Waals surface area contributed by atoms with Crippen LogP contribution in [0.5, 0.6) is 5.75 Å². The van der Waals surface area contributed by atoms with E-state index in [4.69, 9.17) is 4.74 Å². The smallest absolute Gasteiger partial charge is 0.326 e. The molecule has 1 aromatic carbocycles. The molecule has 0 radical (unpaired) electrons. The molecular weight excluding hydrogens is 424 g/mol. The number of carbonyl (C=O) groups is 3. The molecule has 0 bridgehead atoms. The van der Waals surface area contributed by atoms with Crippen molar-refractivity contribution >= 4 is 17.8 Å². The highest BCUT2D eigenvalue weighted by atomic mass is 16.5. The fraction of sp³-hybridized carbons (Fsp3) is 0.640. The maximum Gasteiger partial charge on any atom is 0.326 e. The monoisotopic (exact) mass is 460 g/mol. The zero-order valence-electron chi connectivity index (χ0n) is 19.8. The van der Waals surface area contributed by atoms with Crippen molar-refractivity contribution in [1.82, 2.24) is 10.2 Å². The van der Waals surface area contributed by atoms with Crippen LogP contribution in [0, 0.1) is 5.92 Å². The molecule has 2 fully saturated rings. The first kappa shape index (κ1) is 25.2. The molecular formula is C25H36N2O6. The van der Waals surface area contributed by atoms with Crippen LogP contribution in [0.3, 0.4) is 0 Å². The van der Waals surface area contributed by atoms with E-state index in [-0.39, 0.29) is 24.7 Å². The van der Waals surface area contributed by atoms with Gasteiger partial charge >= 0.3 is 11.9 Å². The van der Waals surface area contributed by atoms with Crippen molar-refractivity contribution < 1.29 is 29.3 Å². The molecule has 2 saturated heterocycles. The Labute approximate surface area is 195 Å². The maximum absolute atomic E-state index is 12.7. The van der Waals surface area contributed by atoms with Crippen LogP contribution in [0.1, 0.15) is 64.4 Å². The number of hydrogen-bond acceptors (Lipinski definition) is 6. The number of carboxylic acid groups (broad SMARTS) is 1. The highest BCUT2D eigenvalue weighted by Crippen LogP contribution is 2.38. The fourth-order valence-corrected chi connectivity index (χ4v) is 5.47. The minimum absolute atomic E-state index is 0.00310. The number of rotatable bonds is 6. The Hall–Kier alpha value is -2.45. The summed E-state index contributed by atoms with van der Waals surface area (Å²) in [6, 6.07) is 6.50. The summed E-state index contributed by atoms with van der Waals surface area (Å²) in [6.45, 7) is 5.84. The molecule has 0 saturated carbocycles. The lowest BCUT2D eigenvalue weighted by Gasteiger charge is -2.35.